The van der Waals surface area contributed by atoms with Gasteiger partial charge in [-0.05, 0) is 13.0 Å². The molecule has 8 nitrogen and oxygen atoms in total. The van der Waals surface area contributed by atoms with Gasteiger partial charge in [0, 0.05) is 20.3 Å². The zero-order valence-electron chi connectivity index (χ0n) is 10.4. The zero-order chi connectivity index (χ0) is 13.3. The first-order valence-corrected chi connectivity index (χ1v) is 5.39. The van der Waals surface area contributed by atoms with Crippen LogP contribution in [0.5, 0.6) is 0 Å². The van der Waals surface area contributed by atoms with E-state index in [0.29, 0.717) is 18.1 Å². The van der Waals surface area contributed by atoms with Gasteiger partial charge in [-0.15, -0.1) is 0 Å². The fourth-order valence-electron chi connectivity index (χ4n) is 1.80. The van der Waals surface area contributed by atoms with Crippen LogP contribution in [0.4, 0.5) is 11.5 Å². The highest BCUT2D eigenvalue weighted by molar-refractivity contribution is 5.59. The molecule has 0 aromatic carbocycles. The predicted octanol–water partition coefficient (Wildman–Crippen LogP) is 0.982. The van der Waals surface area contributed by atoms with Crippen LogP contribution in [-0.4, -0.2) is 24.5 Å². The number of nitrogens with one attached hydrogen (secondary N) is 1. The summed E-state index contributed by atoms with van der Waals surface area (Å²) in [4.78, 5) is 10.5. The number of hydrogen-bond donors (Lipinski definition) is 1. The zero-order valence-corrected chi connectivity index (χ0v) is 10.4. The minimum absolute atomic E-state index is 0.00781. The number of rotatable bonds is 4. The van der Waals surface area contributed by atoms with Gasteiger partial charge in [0.15, 0.2) is 0 Å². The standard InChI is InChI=1S/C10H14N6O2/c1-7-9(16(17)18)10(15(3)12-7)11-6-8-4-5-14(2)13-8/h4-5,11H,6H2,1-3H3. The molecule has 0 radical (unpaired) electrons. The van der Waals surface area contributed by atoms with E-state index in [1.807, 2.05) is 19.3 Å². The van der Waals surface area contributed by atoms with Gasteiger partial charge in [0.25, 0.3) is 0 Å². The van der Waals surface area contributed by atoms with E-state index in [1.165, 1.54) is 4.68 Å². The number of hydrogen-bond acceptors (Lipinski definition) is 5. The second-order valence-electron chi connectivity index (χ2n) is 4.00. The van der Waals surface area contributed by atoms with Crippen molar-refractivity contribution in [3.8, 4) is 0 Å². The fourth-order valence-corrected chi connectivity index (χ4v) is 1.80. The van der Waals surface area contributed by atoms with E-state index in [1.54, 1.807) is 18.7 Å². The molecule has 18 heavy (non-hydrogen) atoms. The smallest absolute Gasteiger partial charge is 0.333 e. The van der Waals surface area contributed by atoms with Crippen LogP contribution in [0, 0.1) is 17.0 Å². The van der Waals surface area contributed by atoms with Crippen LogP contribution in [0.2, 0.25) is 0 Å². The Hall–Kier alpha value is -2.38. The van der Waals surface area contributed by atoms with Crippen LogP contribution in [-0.2, 0) is 20.6 Å². The molecule has 0 spiro atoms. The molecule has 2 heterocycles. The van der Waals surface area contributed by atoms with Gasteiger partial charge in [0.2, 0.25) is 5.82 Å². The normalized spacial score (nSPS) is 10.6. The van der Waals surface area contributed by atoms with Gasteiger partial charge in [0.1, 0.15) is 5.69 Å². The lowest BCUT2D eigenvalue weighted by molar-refractivity contribution is -0.384. The molecular weight excluding hydrogens is 236 g/mol. The molecule has 1 N–H and O–H groups in total. The molecule has 0 atom stereocenters. The molecule has 0 saturated heterocycles. The van der Waals surface area contributed by atoms with Crippen molar-refractivity contribution in [2.24, 2.45) is 14.1 Å². The Labute approximate surface area is 103 Å². The lowest BCUT2D eigenvalue weighted by atomic mass is 10.3. The van der Waals surface area contributed by atoms with E-state index in [0.717, 1.165) is 5.69 Å². The lowest BCUT2D eigenvalue weighted by Crippen LogP contribution is -2.07. The highest BCUT2D eigenvalue weighted by atomic mass is 16.6. The number of aromatic nitrogens is 4. The molecule has 0 aliphatic rings. The van der Waals surface area contributed by atoms with E-state index in [9.17, 15) is 10.1 Å². The lowest BCUT2D eigenvalue weighted by Gasteiger charge is -2.03. The first-order chi connectivity index (χ1) is 8.49. The Morgan fingerprint density at radius 2 is 2.17 bits per heavy atom. The van der Waals surface area contributed by atoms with Gasteiger partial charge in [-0.25, -0.2) is 4.68 Å². The van der Waals surface area contributed by atoms with E-state index in [4.69, 9.17) is 0 Å². The Morgan fingerprint density at radius 1 is 1.44 bits per heavy atom. The SMILES string of the molecule is Cc1nn(C)c(NCc2ccn(C)n2)c1[N+](=O)[O-]. The minimum Gasteiger partial charge on any atom is -0.359 e. The largest absolute Gasteiger partial charge is 0.359 e. The van der Waals surface area contributed by atoms with Crippen molar-refractivity contribution in [1.82, 2.24) is 19.6 Å². The maximum absolute atomic E-state index is 11.0. The molecule has 2 aromatic heterocycles. The average molecular weight is 250 g/mol. The molecule has 0 amide bonds. The quantitative estimate of drug-likeness (QED) is 0.645. The summed E-state index contributed by atoms with van der Waals surface area (Å²) in [5, 5.41) is 22.2. The molecule has 2 rings (SSSR count). The molecule has 0 bridgehead atoms. The third-order valence-electron chi connectivity index (χ3n) is 2.58. The Morgan fingerprint density at radius 3 is 2.72 bits per heavy atom. The summed E-state index contributed by atoms with van der Waals surface area (Å²) < 4.78 is 3.15. The second-order valence-corrected chi connectivity index (χ2v) is 4.00. The van der Waals surface area contributed by atoms with Crippen LogP contribution < -0.4 is 5.32 Å². The minimum atomic E-state index is -0.427. The maximum Gasteiger partial charge on any atom is 0.333 e. The number of aryl methyl sites for hydroxylation is 3. The van der Waals surface area contributed by atoms with Crippen LogP contribution in [0.1, 0.15) is 11.4 Å². The number of nitro groups is 1. The van der Waals surface area contributed by atoms with Crippen molar-refractivity contribution in [3.63, 3.8) is 0 Å². The number of anilines is 1. The molecule has 96 valence electrons. The van der Waals surface area contributed by atoms with Gasteiger partial charge >= 0.3 is 5.69 Å². The molecule has 0 saturated carbocycles. The summed E-state index contributed by atoms with van der Waals surface area (Å²) in [5.74, 6) is 0.392. The summed E-state index contributed by atoms with van der Waals surface area (Å²) in [6, 6.07) is 1.85. The summed E-state index contributed by atoms with van der Waals surface area (Å²) in [5.41, 5.74) is 1.21. The Bertz CT molecular complexity index is 585. The van der Waals surface area contributed by atoms with Gasteiger partial charge in [-0.3, -0.25) is 14.8 Å². The second kappa shape index (κ2) is 4.47. The third-order valence-corrected chi connectivity index (χ3v) is 2.58. The van der Waals surface area contributed by atoms with Crippen molar-refractivity contribution in [3.05, 3.63) is 33.8 Å². The summed E-state index contributed by atoms with van der Waals surface area (Å²) >= 11 is 0. The summed E-state index contributed by atoms with van der Waals surface area (Å²) in [6.45, 7) is 2.03. The highest BCUT2D eigenvalue weighted by Gasteiger charge is 2.23. The van der Waals surface area contributed by atoms with Gasteiger partial charge in [-0.2, -0.15) is 10.2 Å². The molecule has 0 aliphatic heterocycles. The molecular formula is C10H14N6O2. The van der Waals surface area contributed by atoms with Gasteiger partial charge in [0.05, 0.1) is 17.2 Å². The van der Waals surface area contributed by atoms with Crippen molar-refractivity contribution in [2.75, 3.05) is 5.32 Å². The third kappa shape index (κ3) is 2.17. The monoisotopic (exact) mass is 250 g/mol. The Balaban J connectivity index is 2.21. The van der Waals surface area contributed by atoms with Crippen molar-refractivity contribution in [2.45, 2.75) is 13.5 Å². The fraction of sp³-hybridized carbons (Fsp3) is 0.400. The highest BCUT2D eigenvalue weighted by Crippen LogP contribution is 2.27. The molecule has 8 heteroatoms. The van der Waals surface area contributed by atoms with Gasteiger partial charge in [-0.1, -0.05) is 0 Å². The van der Waals surface area contributed by atoms with Crippen molar-refractivity contribution < 1.29 is 4.92 Å². The van der Waals surface area contributed by atoms with Crippen LogP contribution >= 0.6 is 0 Å². The molecule has 0 unspecified atom stereocenters. The first-order valence-electron chi connectivity index (χ1n) is 5.39. The summed E-state index contributed by atoms with van der Waals surface area (Å²) in [6.07, 6.45) is 1.82. The molecule has 0 fully saturated rings. The van der Waals surface area contributed by atoms with Crippen molar-refractivity contribution in [1.29, 1.82) is 0 Å². The molecule has 2 aromatic rings. The Kier molecular flexibility index (Phi) is 3.00. The topological polar surface area (TPSA) is 90.8 Å². The van der Waals surface area contributed by atoms with E-state index in [-0.39, 0.29) is 5.69 Å². The maximum atomic E-state index is 11.0. The van der Waals surface area contributed by atoms with E-state index in [2.05, 4.69) is 15.5 Å². The van der Waals surface area contributed by atoms with Crippen LogP contribution in [0.15, 0.2) is 12.3 Å². The number of nitrogens with zero attached hydrogens (tertiary/aromatic N) is 5. The summed E-state index contributed by atoms with van der Waals surface area (Å²) in [7, 11) is 3.49. The van der Waals surface area contributed by atoms with E-state index >= 15 is 0 Å². The van der Waals surface area contributed by atoms with Gasteiger partial charge < -0.3 is 5.32 Å². The first kappa shape index (κ1) is 12.1. The predicted molar refractivity (Wildman–Crippen MR) is 65.1 cm³/mol. The van der Waals surface area contributed by atoms with Crippen molar-refractivity contribution >= 4 is 11.5 Å². The van der Waals surface area contributed by atoms with E-state index < -0.39 is 4.92 Å². The molecule has 0 aliphatic carbocycles. The average Bonchev–Trinajstić information content (AvgIpc) is 2.79. The van der Waals surface area contributed by atoms with Crippen LogP contribution in [0.3, 0.4) is 0 Å². The van der Waals surface area contributed by atoms with Crippen LogP contribution in [0.25, 0.3) is 0 Å².